The van der Waals surface area contributed by atoms with Gasteiger partial charge in [0.1, 0.15) is 11.9 Å². The van der Waals surface area contributed by atoms with Crippen molar-refractivity contribution >= 4 is 15.9 Å². The van der Waals surface area contributed by atoms with Gasteiger partial charge in [0.2, 0.25) is 0 Å². The molecule has 0 fully saturated rings. The number of hydrogen-bond donors (Lipinski definition) is 1. The average molecular weight is 363 g/mol. The van der Waals surface area contributed by atoms with Crippen LogP contribution in [0.4, 0.5) is 17.6 Å². The van der Waals surface area contributed by atoms with E-state index in [1.807, 2.05) is 0 Å². The molecular weight excluding hydrogens is 352 g/mol. The maximum atomic E-state index is 13.8. The minimum atomic E-state index is -4.53. The Hall–Kier alpha value is -1.40. The molecule has 112 valence electrons. The van der Waals surface area contributed by atoms with Gasteiger partial charge in [0, 0.05) is 10.0 Å². The van der Waals surface area contributed by atoms with Gasteiger partial charge in [-0.2, -0.15) is 13.2 Å². The summed E-state index contributed by atoms with van der Waals surface area (Å²) in [6.45, 7) is 1.71. The van der Waals surface area contributed by atoms with E-state index in [-0.39, 0.29) is 15.6 Å². The van der Waals surface area contributed by atoms with E-state index < -0.39 is 23.7 Å². The zero-order chi connectivity index (χ0) is 15.8. The third kappa shape index (κ3) is 3.44. The summed E-state index contributed by atoms with van der Waals surface area (Å²) in [4.78, 5) is 0. The minimum absolute atomic E-state index is 0.0330. The van der Waals surface area contributed by atoms with E-state index in [1.165, 1.54) is 24.3 Å². The standard InChI is InChI=1S/C15H11BrF4O/c1-8-2-5-13(17)11(6-8)14(21)10-7-9(15(18,19)20)3-4-12(10)16/h2-7,14,21H,1H3. The molecule has 0 radical (unpaired) electrons. The molecular formula is C15H11BrF4O. The van der Waals surface area contributed by atoms with Crippen molar-refractivity contribution in [2.75, 3.05) is 0 Å². The first-order chi connectivity index (χ1) is 9.70. The van der Waals surface area contributed by atoms with Crippen LogP contribution in [0.2, 0.25) is 0 Å². The van der Waals surface area contributed by atoms with Gasteiger partial charge in [0.25, 0.3) is 0 Å². The lowest BCUT2D eigenvalue weighted by Gasteiger charge is -2.17. The summed E-state index contributed by atoms with van der Waals surface area (Å²) < 4.78 is 52.3. The number of rotatable bonds is 2. The largest absolute Gasteiger partial charge is 0.416 e. The van der Waals surface area contributed by atoms with Crippen LogP contribution in [0.1, 0.15) is 28.4 Å². The first kappa shape index (κ1) is 16.0. The Labute approximate surface area is 127 Å². The van der Waals surface area contributed by atoms with Crippen molar-refractivity contribution in [3.63, 3.8) is 0 Å². The van der Waals surface area contributed by atoms with E-state index >= 15 is 0 Å². The summed E-state index contributed by atoms with van der Waals surface area (Å²) in [6.07, 6.45) is -6.01. The molecule has 0 heterocycles. The van der Waals surface area contributed by atoms with Crippen LogP contribution in [0.5, 0.6) is 0 Å². The van der Waals surface area contributed by atoms with Gasteiger partial charge in [0.05, 0.1) is 5.56 Å². The number of hydrogen-bond acceptors (Lipinski definition) is 1. The van der Waals surface area contributed by atoms with Crippen LogP contribution in [0.25, 0.3) is 0 Å². The molecule has 0 spiro atoms. The Bertz CT molecular complexity index is 667. The summed E-state index contributed by atoms with van der Waals surface area (Å²) in [5.41, 5.74) is -0.286. The predicted molar refractivity (Wildman–Crippen MR) is 74.3 cm³/mol. The summed E-state index contributed by atoms with van der Waals surface area (Å²) >= 11 is 3.09. The molecule has 2 rings (SSSR count). The smallest absolute Gasteiger partial charge is 0.384 e. The third-order valence-electron chi connectivity index (χ3n) is 3.06. The summed E-state index contributed by atoms with van der Waals surface area (Å²) in [5.74, 6) is -0.669. The molecule has 0 aliphatic carbocycles. The van der Waals surface area contributed by atoms with Crippen molar-refractivity contribution in [1.82, 2.24) is 0 Å². The number of aryl methyl sites for hydroxylation is 1. The molecule has 1 N–H and O–H groups in total. The molecule has 2 aromatic carbocycles. The van der Waals surface area contributed by atoms with Gasteiger partial charge >= 0.3 is 6.18 Å². The molecule has 1 atom stereocenters. The van der Waals surface area contributed by atoms with Crippen LogP contribution in [0.15, 0.2) is 40.9 Å². The first-order valence-corrected chi connectivity index (χ1v) is 6.80. The van der Waals surface area contributed by atoms with Crippen LogP contribution < -0.4 is 0 Å². The van der Waals surface area contributed by atoms with Crippen LogP contribution in [-0.2, 0) is 6.18 Å². The lowest BCUT2D eigenvalue weighted by atomic mass is 9.98. The molecule has 1 unspecified atom stereocenters. The van der Waals surface area contributed by atoms with E-state index in [9.17, 15) is 22.7 Å². The number of benzene rings is 2. The number of aliphatic hydroxyl groups excluding tert-OH is 1. The fraction of sp³-hybridized carbons (Fsp3) is 0.200. The quantitative estimate of drug-likeness (QED) is 0.745. The topological polar surface area (TPSA) is 20.2 Å². The maximum absolute atomic E-state index is 13.8. The van der Waals surface area contributed by atoms with E-state index in [1.54, 1.807) is 6.92 Å². The molecule has 21 heavy (non-hydrogen) atoms. The molecule has 0 saturated heterocycles. The van der Waals surface area contributed by atoms with Crippen molar-refractivity contribution < 1.29 is 22.7 Å². The first-order valence-electron chi connectivity index (χ1n) is 6.01. The molecule has 0 saturated carbocycles. The second-order valence-corrected chi connectivity index (χ2v) is 5.52. The second kappa shape index (κ2) is 5.77. The van der Waals surface area contributed by atoms with Crippen molar-refractivity contribution in [3.8, 4) is 0 Å². The number of halogens is 5. The molecule has 0 aliphatic heterocycles. The van der Waals surface area contributed by atoms with Crippen LogP contribution in [-0.4, -0.2) is 5.11 Å². The Morgan fingerprint density at radius 3 is 2.33 bits per heavy atom. The van der Waals surface area contributed by atoms with Crippen molar-refractivity contribution in [2.24, 2.45) is 0 Å². The number of alkyl halides is 3. The van der Waals surface area contributed by atoms with Crippen LogP contribution in [0.3, 0.4) is 0 Å². The van der Waals surface area contributed by atoms with Crippen LogP contribution in [0, 0.1) is 12.7 Å². The van der Waals surface area contributed by atoms with Crippen LogP contribution >= 0.6 is 15.9 Å². The Morgan fingerprint density at radius 1 is 1.05 bits per heavy atom. The zero-order valence-corrected chi connectivity index (χ0v) is 12.5. The summed E-state index contributed by atoms with van der Waals surface area (Å²) in [5, 5.41) is 10.2. The lowest BCUT2D eigenvalue weighted by molar-refractivity contribution is -0.137. The second-order valence-electron chi connectivity index (χ2n) is 4.66. The lowest BCUT2D eigenvalue weighted by Crippen LogP contribution is -2.09. The van der Waals surface area contributed by atoms with Gasteiger partial charge in [0.15, 0.2) is 0 Å². The molecule has 2 aromatic rings. The van der Waals surface area contributed by atoms with Gasteiger partial charge in [-0.3, -0.25) is 0 Å². The highest BCUT2D eigenvalue weighted by molar-refractivity contribution is 9.10. The Morgan fingerprint density at radius 2 is 1.71 bits per heavy atom. The average Bonchev–Trinajstić information content (AvgIpc) is 2.40. The van der Waals surface area contributed by atoms with Crippen molar-refractivity contribution in [1.29, 1.82) is 0 Å². The fourth-order valence-electron chi connectivity index (χ4n) is 1.97. The van der Waals surface area contributed by atoms with E-state index in [0.29, 0.717) is 5.56 Å². The Balaban J connectivity index is 2.52. The Kier molecular flexibility index (Phi) is 4.39. The van der Waals surface area contributed by atoms with E-state index in [4.69, 9.17) is 0 Å². The van der Waals surface area contributed by atoms with Gasteiger partial charge < -0.3 is 5.11 Å². The van der Waals surface area contributed by atoms with E-state index in [2.05, 4.69) is 15.9 Å². The minimum Gasteiger partial charge on any atom is -0.384 e. The van der Waals surface area contributed by atoms with Crippen molar-refractivity contribution in [2.45, 2.75) is 19.2 Å². The van der Waals surface area contributed by atoms with E-state index in [0.717, 1.165) is 12.1 Å². The number of aliphatic hydroxyl groups is 1. The van der Waals surface area contributed by atoms with Crippen molar-refractivity contribution in [3.05, 3.63) is 68.9 Å². The summed E-state index contributed by atoms with van der Waals surface area (Å²) in [6, 6.07) is 7.01. The normalized spacial score (nSPS) is 13.3. The van der Waals surface area contributed by atoms with Gasteiger partial charge in [-0.1, -0.05) is 33.6 Å². The van der Waals surface area contributed by atoms with Gasteiger partial charge in [-0.15, -0.1) is 0 Å². The maximum Gasteiger partial charge on any atom is 0.416 e. The molecule has 0 amide bonds. The molecule has 6 heteroatoms. The highest BCUT2D eigenvalue weighted by Crippen LogP contribution is 2.36. The van der Waals surface area contributed by atoms with Gasteiger partial charge in [-0.25, -0.2) is 4.39 Å². The van der Waals surface area contributed by atoms with Gasteiger partial charge in [-0.05, 0) is 36.8 Å². The fourth-order valence-corrected chi connectivity index (χ4v) is 2.43. The molecule has 0 aliphatic rings. The SMILES string of the molecule is Cc1ccc(F)c(C(O)c2cc(C(F)(F)F)ccc2Br)c1. The third-order valence-corrected chi connectivity index (χ3v) is 3.79. The monoisotopic (exact) mass is 362 g/mol. The molecule has 0 aromatic heterocycles. The summed E-state index contributed by atoms with van der Waals surface area (Å²) in [7, 11) is 0. The zero-order valence-electron chi connectivity index (χ0n) is 10.9. The highest BCUT2D eigenvalue weighted by Gasteiger charge is 2.32. The highest BCUT2D eigenvalue weighted by atomic mass is 79.9. The molecule has 1 nitrogen and oxygen atoms in total. The predicted octanol–water partition coefficient (Wildman–Crippen LogP) is 5.00. The molecule has 0 bridgehead atoms.